The van der Waals surface area contributed by atoms with Gasteiger partial charge in [0.15, 0.2) is 12.0 Å². The van der Waals surface area contributed by atoms with Gasteiger partial charge in [0.05, 0.1) is 11.2 Å². The Hall–Kier alpha value is -2.07. The third-order valence-corrected chi connectivity index (χ3v) is 4.86. The van der Waals surface area contributed by atoms with Crippen molar-refractivity contribution < 1.29 is 9.53 Å². The highest BCUT2D eigenvalue weighted by atomic mass is 79.9. The van der Waals surface area contributed by atoms with E-state index in [0.29, 0.717) is 12.0 Å². The van der Waals surface area contributed by atoms with Gasteiger partial charge in [0.1, 0.15) is 5.75 Å². The van der Waals surface area contributed by atoms with Crippen LogP contribution in [0.5, 0.6) is 5.75 Å². The molecule has 23 heavy (non-hydrogen) atoms. The number of hydrogen-bond donors (Lipinski definition) is 0. The van der Waals surface area contributed by atoms with E-state index < -0.39 is 0 Å². The quantitative estimate of drug-likeness (QED) is 0.552. The highest BCUT2D eigenvalue weighted by Crippen LogP contribution is 2.42. The van der Waals surface area contributed by atoms with Crippen LogP contribution in [0.4, 0.5) is 0 Å². The van der Waals surface area contributed by atoms with E-state index in [1.54, 1.807) is 0 Å². The molecule has 0 N–H and O–H groups in total. The van der Waals surface area contributed by atoms with E-state index in [1.807, 2.05) is 38.1 Å². The van der Waals surface area contributed by atoms with Gasteiger partial charge >= 0.3 is 0 Å². The van der Waals surface area contributed by atoms with Crippen molar-refractivity contribution in [1.29, 1.82) is 0 Å². The van der Waals surface area contributed by atoms with Crippen molar-refractivity contribution in [3.05, 3.63) is 52.5 Å². The van der Waals surface area contributed by atoms with E-state index in [0.717, 1.165) is 27.0 Å². The molecular weight excluding hydrogens is 354 g/mol. The first-order chi connectivity index (χ1) is 11.1. The Labute approximate surface area is 143 Å². The molecule has 1 unspecified atom stereocenters. The maximum Gasteiger partial charge on any atom is 0.173 e. The summed E-state index contributed by atoms with van der Waals surface area (Å²) >= 11 is 3.53. The van der Waals surface area contributed by atoms with Crippen LogP contribution in [0.15, 0.2) is 46.9 Å². The van der Waals surface area contributed by atoms with E-state index in [-0.39, 0.29) is 12.0 Å². The molecule has 3 aromatic rings. The number of ketones is 1. The van der Waals surface area contributed by atoms with Gasteiger partial charge in [-0.1, -0.05) is 28.9 Å². The zero-order valence-corrected chi connectivity index (χ0v) is 14.6. The number of hydrogen-bond acceptors (Lipinski definition) is 2. The second-order valence-corrected chi connectivity index (χ2v) is 6.72. The van der Waals surface area contributed by atoms with Crippen molar-refractivity contribution >= 4 is 32.6 Å². The number of halogens is 1. The number of ether oxygens (including phenoxy) is 1. The van der Waals surface area contributed by atoms with E-state index in [2.05, 4.69) is 38.7 Å². The molecule has 0 bridgehead atoms. The van der Waals surface area contributed by atoms with Gasteiger partial charge < -0.3 is 9.30 Å². The monoisotopic (exact) mass is 369 g/mol. The summed E-state index contributed by atoms with van der Waals surface area (Å²) in [4.78, 5) is 11.9. The Balaban J connectivity index is 1.94. The summed E-state index contributed by atoms with van der Waals surface area (Å²) in [6.07, 6.45) is 0.394. The van der Waals surface area contributed by atoms with Crippen LogP contribution >= 0.6 is 15.9 Å². The number of carbonyl (C=O) groups is 1. The fourth-order valence-corrected chi connectivity index (χ4v) is 3.63. The van der Waals surface area contributed by atoms with Crippen molar-refractivity contribution in [2.24, 2.45) is 0 Å². The summed E-state index contributed by atoms with van der Waals surface area (Å²) in [5, 5.41) is 1.17. The number of aromatic nitrogens is 1. The molecule has 2 aromatic carbocycles. The molecule has 0 saturated carbocycles. The summed E-state index contributed by atoms with van der Waals surface area (Å²) in [5.41, 5.74) is 4.02. The maximum absolute atomic E-state index is 11.9. The standard InChI is InChI=1S/C19H16BrNO2/c1-3-18(22)12-4-6-15-17-9-13-8-14(20)5-7-16(13)21(17)11(2)23-19(15)10-12/h4-11H,3H2,1-2H3. The van der Waals surface area contributed by atoms with E-state index >= 15 is 0 Å². The summed E-state index contributed by atoms with van der Waals surface area (Å²) in [6, 6.07) is 14.2. The third kappa shape index (κ3) is 2.20. The van der Waals surface area contributed by atoms with Gasteiger partial charge in [-0.05, 0) is 43.3 Å². The van der Waals surface area contributed by atoms with Crippen LogP contribution in [0.1, 0.15) is 36.9 Å². The molecule has 0 amide bonds. The summed E-state index contributed by atoms with van der Waals surface area (Å²) in [5.74, 6) is 0.922. The molecule has 0 radical (unpaired) electrons. The van der Waals surface area contributed by atoms with E-state index in [1.165, 1.54) is 5.39 Å². The lowest BCUT2D eigenvalue weighted by Crippen LogP contribution is -2.18. The van der Waals surface area contributed by atoms with Crippen molar-refractivity contribution in [2.45, 2.75) is 26.5 Å². The number of nitrogens with zero attached hydrogens (tertiary/aromatic N) is 1. The first-order valence-electron chi connectivity index (χ1n) is 7.73. The molecule has 0 spiro atoms. The minimum Gasteiger partial charge on any atom is -0.470 e. The molecule has 4 heteroatoms. The maximum atomic E-state index is 11.9. The number of rotatable bonds is 2. The second kappa shape index (κ2) is 5.24. The van der Waals surface area contributed by atoms with Crippen molar-refractivity contribution in [1.82, 2.24) is 4.57 Å². The first kappa shape index (κ1) is 14.5. The largest absolute Gasteiger partial charge is 0.470 e. The minimum absolute atomic E-state index is 0.108. The fourth-order valence-electron chi connectivity index (χ4n) is 3.25. The van der Waals surface area contributed by atoms with Crippen LogP contribution in [-0.2, 0) is 0 Å². The summed E-state index contributed by atoms with van der Waals surface area (Å²) in [6.45, 7) is 3.91. The number of Topliss-reactive ketones (excluding diaryl/α,β-unsaturated/α-hetero) is 1. The van der Waals surface area contributed by atoms with Gasteiger partial charge in [0, 0.05) is 27.4 Å². The average Bonchev–Trinajstić information content (AvgIpc) is 2.92. The Morgan fingerprint density at radius 3 is 2.83 bits per heavy atom. The molecule has 116 valence electrons. The van der Waals surface area contributed by atoms with Crippen molar-refractivity contribution in [3.63, 3.8) is 0 Å². The summed E-state index contributed by atoms with van der Waals surface area (Å²) in [7, 11) is 0. The third-order valence-electron chi connectivity index (χ3n) is 4.36. The number of benzene rings is 2. The topological polar surface area (TPSA) is 31.2 Å². The average molecular weight is 370 g/mol. The van der Waals surface area contributed by atoms with Crippen LogP contribution in [-0.4, -0.2) is 10.4 Å². The zero-order valence-electron chi connectivity index (χ0n) is 13.0. The van der Waals surface area contributed by atoms with Gasteiger partial charge in [-0.2, -0.15) is 0 Å². The molecule has 1 atom stereocenters. The normalized spacial score (nSPS) is 15.9. The lowest BCUT2D eigenvalue weighted by atomic mass is 10.0. The number of fused-ring (bicyclic) bond motifs is 5. The molecule has 1 aliphatic rings. The van der Waals surface area contributed by atoms with Gasteiger partial charge in [0.2, 0.25) is 0 Å². The predicted molar refractivity (Wildman–Crippen MR) is 95.0 cm³/mol. The Kier molecular flexibility index (Phi) is 3.31. The van der Waals surface area contributed by atoms with Crippen LogP contribution in [0.3, 0.4) is 0 Å². The van der Waals surface area contributed by atoms with Crippen LogP contribution in [0.2, 0.25) is 0 Å². The molecule has 0 aliphatic carbocycles. The molecule has 1 aromatic heterocycles. The first-order valence-corrected chi connectivity index (χ1v) is 8.52. The van der Waals surface area contributed by atoms with Gasteiger partial charge in [0.25, 0.3) is 0 Å². The van der Waals surface area contributed by atoms with E-state index in [4.69, 9.17) is 4.74 Å². The SMILES string of the molecule is CCC(=O)c1ccc2c(c1)OC(C)n1c-2cc2cc(Br)ccc21. The second-order valence-electron chi connectivity index (χ2n) is 5.81. The highest BCUT2D eigenvalue weighted by Gasteiger charge is 2.25. The molecule has 0 saturated heterocycles. The summed E-state index contributed by atoms with van der Waals surface area (Å²) < 4.78 is 9.35. The van der Waals surface area contributed by atoms with Crippen LogP contribution < -0.4 is 4.74 Å². The molecular formula is C19H16BrNO2. The van der Waals surface area contributed by atoms with Gasteiger partial charge in [-0.3, -0.25) is 4.79 Å². The smallest absolute Gasteiger partial charge is 0.173 e. The van der Waals surface area contributed by atoms with Crippen molar-refractivity contribution in [2.75, 3.05) is 0 Å². The van der Waals surface area contributed by atoms with Crippen LogP contribution in [0.25, 0.3) is 22.2 Å². The Bertz CT molecular complexity index is 942. The van der Waals surface area contributed by atoms with Gasteiger partial charge in [-0.15, -0.1) is 0 Å². The Morgan fingerprint density at radius 1 is 1.22 bits per heavy atom. The molecule has 4 rings (SSSR count). The van der Waals surface area contributed by atoms with E-state index in [9.17, 15) is 4.79 Å². The number of carbonyl (C=O) groups excluding carboxylic acids is 1. The molecule has 3 nitrogen and oxygen atoms in total. The molecule has 1 aliphatic heterocycles. The van der Waals surface area contributed by atoms with Crippen LogP contribution in [0, 0.1) is 0 Å². The lowest BCUT2D eigenvalue weighted by molar-refractivity contribution is 0.0986. The highest BCUT2D eigenvalue weighted by molar-refractivity contribution is 9.10. The molecule has 0 fully saturated rings. The zero-order chi connectivity index (χ0) is 16.1. The predicted octanol–water partition coefficient (Wildman–Crippen LogP) is 5.57. The van der Waals surface area contributed by atoms with Gasteiger partial charge in [-0.25, -0.2) is 0 Å². The molecule has 2 heterocycles. The lowest BCUT2D eigenvalue weighted by Gasteiger charge is -2.27. The fraction of sp³-hybridized carbons (Fsp3) is 0.211. The Morgan fingerprint density at radius 2 is 2.04 bits per heavy atom. The van der Waals surface area contributed by atoms with Crippen molar-refractivity contribution in [3.8, 4) is 17.0 Å². The minimum atomic E-state index is -0.108.